The summed E-state index contributed by atoms with van der Waals surface area (Å²) in [6, 6.07) is 14.9. The van der Waals surface area contributed by atoms with Crippen molar-refractivity contribution >= 4 is 23.6 Å². The Morgan fingerprint density at radius 2 is 1.47 bits per heavy atom. The van der Waals surface area contributed by atoms with Gasteiger partial charge in [0.2, 0.25) is 23.6 Å². The van der Waals surface area contributed by atoms with Crippen LogP contribution in [0.1, 0.15) is 58.6 Å². The first kappa shape index (κ1) is 36.4. The van der Waals surface area contributed by atoms with Crippen molar-refractivity contribution in [3.63, 3.8) is 0 Å². The smallest absolute Gasteiger partial charge is 0.245 e. The Hall–Kier alpha value is -3.88. The van der Waals surface area contributed by atoms with Crippen LogP contribution in [0.3, 0.4) is 0 Å². The van der Waals surface area contributed by atoms with Crippen LogP contribution >= 0.6 is 0 Å². The minimum absolute atomic E-state index is 0.173. The van der Waals surface area contributed by atoms with Gasteiger partial charge in [0.05, 0.1) is 25.9 Å². The van der Waals surface area contributed by atoms with Crippen LogP contribution in [0.2, 0.25) is 0 Å². The number of hydrogen-bond acceptors (Lipinski definition) is 9. The average Bonchev–Trinajstić information content (AvgIpc) is 3.56. The molecule has 1 unspecified atom stereocenters. The molecule has 2 aromatic rings. The summed E-state index contributed by atoms with van der Waals surface area (Å²) in [5, 5.41) is 11.2. The van der Waals surface area contributed by atoms with E-state index in [-0.39, 0.29) is 32.2 Å². The zero-order chi connectivity index (χ0) is 35.1. The van der Waals surface area contributed by atoms with E-state index in [1.807, 2.05) is 74.5 Å². The summed E-state index contributed by atoms with van der Waals surface area (Å²) in [6.45, 7) is 9.05. The maximum atomic E-state index is 14.1. The summed E-state index contributed by atoms with van der Waals surface area (Å²) < 4.78 is 30.9. The summed E-state index contributed by atoms with van der Waals surface area (Å²) in [5.41, 5.74) is 1.80. The fourth-order valence-corrected chi connectivity index (χ4v) is 6.18. The van der Waals surface area contributed by atoms with Crippen LogP contribution in [-0.2, 0) is 56.1 Å². The van der Waals surface area contributed by atoms with Crippen LogP contribution < -0.4 is 21.3 Å². The molecule has 49 heavy (non-hydrogen) atoms. The van der Waals surface area contributed by atoms with Crippen molar-refractivity contribution in [2.45, 2.75) is 115 Å². The van der Waals surface area contributed by atoms with Gasteiger partial charge in [0.1, 0.15) is 36.4 Å². The number of rotatable bonds is 10. The molecule has 0 aliphatic carbocycles. The number of carbonyl (C=O) groups is 4. The highest BCUT2D eigenvalue weighted by molar-refractivity contribution is 5.95. The first-order chi connectivity index (χ1) is 23.4. The van der Waals surface area contributed by atoms with Crippen LogP contribution in [0.4, 0.5) is 0 Å². The molecule has 3 fully saturated rings. The highest BCUT2D eigenvalue weighted by Crippen LogP contribution is 2.40. The van der Waals surface area contributed by atoms with Crippen LogP contribution in [0.5, 0.6) is 0 Å². The van der Waals surface area contributed by atoms with E-state index in [2.05, 4.69) is 21.3 Å². The number of carbonyl (C=O) groups excluding carboxylic acids is 4. The van der Waals surface area contributed by atoms with Crippen LogP contribution in [0, 0.1) is 5.92 Å². The normalized spacial score (nSPS) is 31.2. The standard InChI is InChI=1S/C36H48N4O9/c1-6-21(2)28-34(44)39-26(20-45-18-23-13-9-7-10-14-23)33(43)38-25(17-27(41)37-22(3)32(42)40-28)29-30(46-19-24-15-11-8-12-16-24)31-35(47-29)49-36(4,5)48-31/h7-16,21-22,25-26,28-31,35H,6,17-20H2,1-5H3,(H,37,41)(H,38,43)(H,39,44)(H,40,42)/t21-,22-,25-,26-,28-,29?,30-,31+,35+/m0/s1. The van der Waals surface area contributed by atoms with E-state index >= 15 is 0 Å². The lowest BCUT2D eigenvalue weighted by molar-refractivity contribution is -0.222. The third kappa shape index (κ3) is 9.43. The summed E-state index contributed by atoms with van der Waals surface area (Å²) in [7, 11) is 0. The molecule has 3 saturated heterocycles. The second kappa shape index (κ2) is 16.2. The molecule has 0 aromatic heterocycles. The predicted molar refractivity (Wildman–Crippen MR) is 177 cm³/mol. The van der Waals surface area contributed by atoms with E-state index in [1.165, 1.54) is 6.92 Å². The van der Waals surface area contributed by atoms with E-state index in [4.69, 9.17) is 23.7 Å². The maximum absolute atomic E-state index is 14.1. The van der Waals surface area contributed by atoms with Gasteiger partial charge in [0.25, 0.3) is 0 Å². The van der Waals surface area contributed by atoms with Gasteiger partial charge in [0.15, 0.2) is 12.1 Å². The molecule has 13 nitrogen and oxygen atoms in total. The van der Waals surface area contributed by atoms with Crippen molar-refractivity contribution < 1.29 is 42.9 Å². The number of fused-ring (bicyclic) bond motifs is 1. The van der Waals surface area contributed by atoms with Crippen LogP contribution in [0.15, 0.2) is 60.7 Å². The van der Waals surface area contributed by atoms with Crippen molar-refractivity contribution in [1.29, 1.82) is 0 Å². The fraction of sp³-hybridized carbons (Fsp3) is 0.556. The minimum Gasteiger partial charge on any atom is -0.374 e. The minimum atomic E-state index is -1.17. The van der Waals surface area contributed by atoms with Gasteiger partial charge in [-0.3, -0.25) is 19.2 Å². The van der Waals surface area contributed by atoms with Gasteiger partial charge < -0.3 is 45.0 Å². The second-order valence-electron chi connectivity index (χ2n) is 13.4. The van der Waals surface area contributed by atoms with Gasteiger partial charge >= 0.3 is 0 Å². The second-order valence-corrected chi connectivity index (χ2v) is 13.4. The van der Waals surface area contributed by atoms with E-state index in [0.29, 0.717) is 6.42 Å². The number of amides is 4. The van der Waals surface area contributed by atoms with Gasteiger partial charge in [-0.2, -0.15) is 0 Å². The Morgan fingerprint density at radius 1 is 0.816 bits per heavy atom. The largest absolute Gasteiger partial charge is 0.374 e. The lowest BCUT2D eigenvalue weighted by atomic mass is 9.97. The lowest BCUT2D eigenvalue weighted by Gasteiger charge is -2.32. The van der Waals surface area contributed by atoms with Crippen molar-refractivity contribution in [3.05, 3.63) is 71.8 Å². The molecule has 3 aliphatic rings. The van der Waals surface area contributed by atoms with Crippen molar-refractivity contribution in [2.24, 2.45) is 5.92 Å². The maximum Gasteiger partial charge on any atom is 0.245 e. The van der Waals surface area contributed by atoms with Crippen molar-refractivity contribution in [2.75, 3.05) is 6.61 Å². The number of ether oxygens (including phenoxy) is 5. The third-order valence-corrected chi connectivity index (χ3v) is 9.03. The number of nitrogens with one attached hydrogen (secondary N) is 4. The molecule has 9 atom stereocenters. The highest BCUT2D eigenvalue weighted by Gasteiger charge is 2.57. The van der Waals surface area contributed by atoms with Gasteiger partial charge in [-0.25, -0.2) is 0 Å². The zero-order valence-electron chi connectivity index (χ0n) is 28.7. The fourth-order valence-electron chi connectivity index (χ4n) is 6.18. The molecular weight excluding hydrogens is 632 g/mol. The van der Waals surface area contributed by atoms with E-state index in [9.17, 15) is 19.2 Å². The Morgan fingerprint density at radius 3 is 2.12 bits per heavy atom. The molecular formula is C36H48N4O9. The molecule has 0 saturated carbocycles. The summed E-state index contributed by atoms with van der Waals surface area (Å²) in [6.07, 6.45) is -2.81. The molecule has 13 heteroatoms. The monoisotopic (exact) mass is 680 g/mol. The molecule has 4 amide bonds. The zero-order valence-corrected chi connectivity index (χ0v) is 28.7. The highest BCUT2D eigenvalue weighted by atomic mass is 16.8. The Labute approximate surface area is 287 Å². The average molecular weight is 681 g/mol. The molecule has 3 heterocycles. The predicted octanol–water partition coefficient (Wildman–Crippen LogP) is 2.07. The Kier molecular flexibility index (Phi) is 12.0. The summed E-state index contributed by atoms with van der Waals surface area (Å²) >= 11 is 0. The summed E-state index contributed by atoms with van der Waals surface area (Å²) in [5.74, 6) is -3.38. The van der Waals surface area contributed by atoms with Crippen molar-refractivity contribution in [3.8, 4) is 0 Å². The van der Waals surface area contributed by atoms with Gasteiger partial charge in [0, 0.05) is 6.42 Å². The Balaban J connectivity index is 1.43. The van der Waals surface area contributed by atoms with Gasteiger partial charge in [-0.05, 0) is 37.8 Å². The molecule has 266 valence electrons. The van der Waals surface area contributed by atoms with Gasteiger partial charge in [-0.1, -0.05) is 80.9 Å². The molecule has 0 spiro atoms. The van der Waals surface area contributed by atoms with Gasteiger partial charge in [-0.15, -0.1) is 0 Å². The molecule has 0 radical (unpaired) electrons. The first-order valence-electron chi connectivity index (χ1n) is 16.9. The number of hydrogen-bond donors (Lipinski definition) is 4. The van der Waals surface area contributed by atoms with Crippen LogP contribution in [-0.4, -0.2) is 84.8 Å². The van der Waals surface area contributed by atoms with Crippen molar-refractivity contribution in [1.82, 2.24) is 21.3 Å². The SMILES string of the molecule is CC[C@H](C)[C@@H]1NC(=O)[C@H](C)NC(=O)C[C@@H](C2O[C@@H]3OC(C)(C)O[C@@H]3[C@H]2OCc2ccccc2)NC(=O)[C@H](COCc2ccccc2)NC1=O. The first-order valence-corrected chi connectivity index (χ1v) is 16.9. The lowest BCUT2D eigenvalue weighted by Crippen LogP contribution is -2.59. The van der Waals surface area contributed by atoms with E-state index in [1.54, 1.807) is 13.8 Å². The Bertz CT molecular complexity index is 1440. The number of benzene rings is 2. The third-order valence-electron chi connectivity index (χ3n) is 9.03. The quantitative estimate of drug-likeness (QED) is 0.294. The topological polar surface area (TPSA) is 163 Å². The molecule has 0 bridgehead atoms. The molecule has 4 N–H and O–H groups in total. The summed E-state index contributed by atoms with van der Waals surface area (Å²) in [4.78, 5) is 54.5. The van der Waals surface area contributed by atoms with E-state index < -0.39 is 78.2 Å². The molecule has 3 aliphatic heterocycles. The van der Waals surface area contributed by atoms with Crippen LogP contribution in [0.25, 0.3) is 0 Å². The molecule has 2 aromatic carbocycles. The van der Waals surface area contributed by atoms with E-state index in [0.717, 1.165) is 11.1 Å². The molecule has 5 rings (SSSR count).